The van der Waals surface area contributed by atoms with E-state index in [0.717, 1.165) is 12.0 Å². The minimum atomic E-state index is -1.14. The number of nitrogens with one attached hydrogen (secondary N) is 1. The van der Waals surface area contributed by atoms with Crippen molar-refractivity contribution in [3.63, 3.8) is 0 Å². The van der Waals surface area contributed by atoms with Gasteiger partial charge in [-0.15, -0.1) is 0 Å². The normalized spacial score (nSPS) is 15.3. The number of benzene rings is 2. The summed E-state index contributed by atoms with van der Waals surface area (Å²) in [5.41, 5.74) is 1.85. The fraction of sp³-hybridized carbons (Fsp3) is 0.143. The van der Waals surface area contributed by atoms with Crippen LogP contribution < -0.4 is 15.0 Å². The first-order valence-electron chi connectivity index (χ1n) is 8.94. The Labute approximate surface area is 186 Å². The van der Waals surface area contributed by atoms with Crippen molar-refractivity contribution >= 4 is 62.8 Å². The molecule has 7 nitrogen and oxygen atoms in total. The van der Waals surface area contributed by atoms with Crippen LogP contribution >= 0.6 is 28.1 Å². The van der Waals surface area contributed by atoms with Gasteiger partial charge in [0.2, 0.25) is 0 Å². The van der Waals surface area contributed by atoms with E-state index in [1.54, 1.807) is 30.3 Å². The highest BCUT2D eigenvalue weighted by Crippen LogP contribution is 2.28. The highest BCUT2D eigenvalue weighted by atomic mass is 79.9. The van der Waals surface area contributed by atoms with Crippen LogP contribution in [-0.4, -0.2) is 34.6 Å². The first-order chi connectivity index (χ1) is 14.3. The average Bonchev–Trinajstić information content (AvgIpc) is 2.70. The molecule has 2 aromatic carbocycles. The third kappa shape index (κ3) is 4.74. The van der Waals surface area contributed by atoms with Gasteiger partial charge in [-0.3, -0.25) is 19.8 Å². The van der Waals surface area contributed by atoms with E-state index in [4.69, 9.17) is 22.1 Å². The lowest BCUT2D eigenvalue weighted by molar-refractivity contribution is -0.139. The molecule has 1 aliphatic heterocycles. The van der Waals surface area contributed by atoms with Gasteiger partial charge in [0, 0.05) is 10.0 Å². The molecule has 1 saturated heterocycles. The largest absolute Gasteiger partial charge is 0.481 e. The molecule has 30 heavy (non-hydrogen) atoms. The summed E-state index contributed by atoms with van der Waals surface area (Å²) >= 11 is 8.53. The van der Waals surface area contributed by atoms with Crippen molar-refractivity contribution in [2.75, 3.05) is 11.5 Å². The molecule has 3 rings (SSSR count). The minimum Gasteiger partial charge on any atom is -0.481 e. The van der Waals surface area contributed by atoms with Crippen LogP contribution in [0.4, 0.5) is 5.69 Å². The molecular formula is C21H17BrN2O5S. The number of halogens is 1. The Bertz CT molecular complexity index is 1070. The second-order valence-electron chi connectivity index (χ2n) is 6.34. The third-order valence-corrected chi connectivity index (χ3v) is 5.11. The summed E-state index contributed by atoms with van der Waals surface area (Å²) in [7, 11) is 0. The van der Waals surface area contributed by atoms with Crippen LogP contribution in [0, 0.1) is 0 Å². The van der Waals surface area contributed by atoms with E-state index >= 15 is 0 Å². The first-order valence-corrected chi connectivity index (χ1v) is 10.1. The Kier molecular flexibility index (Phi) is 6.63. The molecule has 0 aliphatic carbocycles. The maximum atomic E-state index is 13.1. The number of anilines is 1. The van der Waals surface area contributed by atoms with Gasteiger partial charge in [-0.2, -0.15) is 0 Å². The van der Waals surface area contributed by atoms with Gasteiger partial charge >= 0.3 is 5.97 Å². The zero-order chi connectivity index (χ0) is 21.8. The van der Waals surface area contributed by atoms with E-state index in [2.05, 4.69) is 21.2 Å². The number of carboxylic acids is 1. The average molecular weight is 489 g/mol. The molecule has 2 aromatic rings. The Morgan fingerprint density at radius 1 is 1.23 bits per heavy atom. The van der Waals surface area contributed by atoms with Crippen molar-refractivity contribution < 1.29 is 24.2 Å². The summed E-state index contributed by atoms with van der Waals surface area (Å²) in [6, 6.07) is 12.1. The maximum absolute atomic E-state index is 13.1. The zero-order valence-electron chi connectivity index (χ0n) is 15.8. The van der Waals surface area contributed by atoms with Crippen LogP contribution in [0.25, 0.3) is 6.08 Å². The molecule has 154 valence electrons. The molecule has 0 aromatic heterocycles. The van der Waals surface area contributed by atoms with Crippen LogP contribution in [0.15, 0.2) is 52.5 Å². The summed E-state index contributed by atoms with van der Waals surface area (Å²) in [6.07, 6.45) is 2.21. The highest BCUT2D eigenvalue weighted by Gasteiger charge is 2.34. The van der Waals surface area contributed by atoms with E-state index in [1.165, 1.54) is 11.0 Å². The second-order valence-corrected chi connectivity index (χ2v) is 7.64. The quantitative estimate of drug-likeness (QED) is 0.367. The lowest BCUT2D eigenvalue weighted by Crippen LogP contribution is -2.54. The van der Waals surface area contributed by atoms with E-state index < -0.39 is 24.4 Å². The molecule has 2 amide bonds. The smallest absolute Gasteiger partial charge is 0.341 e. The number of hydrogen-bond donors (Lipinski definition) is 2. The van der Waals surface area contributed by atoms with E-state index in [0.29, 0.717) is 15.7 Å². The van der Waals surface area contributed by atoms with Gasteiger partial charge in [0.25, 0.3) is 11.8 Å². The van der Waals surface area contributed by atoms with Crippen molar-refractivity contribution in [3.8, 4) is 5.75 Å². The third-order valence-electron chi connectivity index (χ3n) is 4.33. The molecule has 0 saturated carbocycles. The Hall–Kier alpha value is -3.04. The molecular weight excluding hydrogens is 472 g/mol. The molecule has 1 heterocycles. The van der Waals surface area contributed by atoms with E-state index in [1.807, 2.05) is 19.1 Å². The van der Waals surface area contributed by atoms with Crippen LogP contribution in [0.1, 0.15) is 18.1 Å². The van der Waals surface area contributed by atoms with Gasteiger partial charge in [-0.25, -0.2) is 4.79 Å². The van der Waals surface area contributed by atoms with Gasteiger partial charge in [0.15, 0.2) is 11.7 Å². The zero-order valence-corrected chi connectivity index (χ0v) is 18.2. The predicted octanol–water partition coefficient (Wildman–Crippen LogP) is 3.31. The molecule has 9 heteroatoms. The van der Waals surface area contributed by atoms with Crippen molar-refractivity contribution in [1.82, 2.24) is 5.32 Å². The van der Waals surface area contributed by atoms with Crippen LogP contribution in [-0.2, 0) is 20.8 Å². The lowest BCUT2D eigenvalue weighted by Gasteiger charge is -2.29. The summed E-state index contributed by atoms with van der Waals surface area (Å²) < 4.78 is 5.95. The maximum Gasteiger partial charge on any atom is 0.341 e. The Balaban J connectivity index is 2.00. The number of amides is 2. The summed E-state index contributed by atoms with van der Waals surface area (Å²) in [4.78, 5) is 37.7. The van der Waals surface area contributed by atoms with E-state index in [-0.39, 0.29) is 16.4 Å². The fourth-order valence-electron chi connectivity index (χ4n) is 2.83. The van der Waals surface area contributed by atoms with Crippen molar-refractivity contribution in [1.29, 1.82) is 0 Å². The van der Waals surface area contributed by atoms with Crippen LogP contribution in [0.5, 0.6) is 5.75 Å². The van der Waals surface area contributed by atoms with Gasteiger partial charge in [0.1, 0.15) is 11.3 Å². The van der Waals surface area contributed by atoms with Gasteiger partial charge in [0.05, 0.1) is 5.69 Å². The summed E-state index contributed by atoms with van der Waals surface area (Å²) in [5.74, 6) is -2.15. The minimum absolute atomic E-state index is 0.0111. The van der Waals surface area contributed by atoms with Crippen LogP contribution in [0.2, 0.25) is 0 Å². The van der Waals surface area contributed by atoms with Gasteiger partial charge in [-0.05, 0) is 60.6 Å². The fourth-order valence-corrected chi connectivity index (χ4v) is 3.49. The number of hydrogen-bond acceptors (Lipinski definition) is 5. The number of aryl methyl sites for hydroxylation is 1. The Morgan fingerprint density at radius 3 is 2.57 bits per heavy atom. The molecule has 0 bridgehead atoms. The number of carbonyl (C=O) groups is 3. The number of carbonyl (C=O) groups excluding carboxylic acids is 2. The highest BCUT2D eigenvalue weighted by molar-refractivity contribution is 9.10. The number of carboxylic acid groups (broad SMARTS) is 1. The monoisotopic (exact) mass is 488 g/mol. The predicted molar refractivity (Wildman–Crippen MR) is 119 cm³/mol. The SMILES string of the molecule is CCc1ccc(N2C(=O)/C(=C/c3cc(Br)ccc3OCC(=O)O)C(=O)NC2=S)cc1. The number of ether oxygens (including phenoxy) is 1. The molecule has 0 atom stereocenters. The second kappa shape index (κ2) is 9.19. The molecule has 1 aliphatic rings. The molecule has 1 fully saturated rings. The molecule has 0 radical (unpaired) electrons. The topological polar surface area (TPSA) is 95.9 Å². The molecule has 2 N–H and O–H groups in total. The summed E-state index contributed by atoms with van der Waals surface area (Å²) in [5, 5.41) is 11.4. The Morgan fingerprint density at radius 2 is 1.93 bits per heavy atom. The summed E-state index contributed by atoms with van der Waals surface area (Å²) in [6.45, 7) is 1.46. The van der Waals surface area contributed by atoms with Crippen molar-refractivity contribution in [3.05, 3.63) is 63.6 Å². The molecule has 0 unspecified atom stereocenters. The number of thiocarbonyl (C=S) groups is 1. The first kappa shape index (κ1) is 21.7. The van der Waals surface area contributed by atoms with E-state index in [9.17, 15) is 14.4 Å². The van der Waals surface area contributed by atoms with Crippen molar-refractivity contribution in [2.24, 2.45) is 0 Å². The van der Waals surface area contributed by atoms with Crippen molar-refractivity contribution in [2.45, 2.75) is 13.3 Å². The molecule has 0 spiro atoms. The number of nitrogens with zero attached hydrogens (tertiary/aromatic N) is 1. The standard InChI is InChI=1S/C21H17BrN2O5S/c1-2-12-3-6-15(7-4-12)24-20(28)16(19(27)23-21(24)30)10-13-9-14(22)5-8-17(13)29-11-18(25)26/h3-10H,2,11H2,1H3,(H,25,26)(H,23,27,30)/b16-10+. The lowest BCUT2D eigenvalue weighted by atomic mass is 10.1. The van der Waals surface area contributed by atoms with Gasteiger partial charge in [-0.1, -0.05) is 35.0 Å². The number of rotatable bonds is 6. The van der Waals surface area contributed by atoms with Crippen LogP contribution in [0.3, 0.4) is 0 Å². The number of aliphatic carboxylic acids is 1. The van der Waals surface area contributed by atoms with Gasteiger partial charge < -0.3 is 9.84 Å².